The van der Waals surface area contributed by atoms with Crippen LogP contribution in [0.3, 0.4) is 0 Å². The summed E-state index contributed by atoms with van der Waals surface area (Å²) in [6, 6.07) is 13.8. The molecule has 1 atom stereocenters. The number of methoxy groups -OCH3 is 1. The molecule has 0 radical (unpaired) electrons. The maximum Gasteiger partial charge on any atom is 0.253 e. The Hall–Kier alpha value is -3.35. The molecule has 0 saturated carbocycles. The Labute approximate surface area is 195 Å². The number of nitrogens with one attached hydrogen (secondary N) is 2. The zero-order valence-electron chi connectivity index (χ0n) is 19.6. The zero-order valence-corrected chi connectivity index (χ0v) is 19.6. The van der Waals surface area contributed by atoms with Crippen LogP contribution in [0.15, 0.2) is 48.5 Å². The summed E-state index contributed by atoms with van der Waals surface area (Å²) < 4.78 is 5.21. The number of piperidine rings is 1. The molecule has 0 unspecified atom stereocenters. The second-order valence-corrected chi connectivity index (χ2v) is 8.47. The van der Waals surface area contributed by atoms with Gasteiger partial charge in [0.05, 0.1) is 7.11 Å². The number of rotatable bonds is 8. The Balaban J connectivity index is 1.68. The van der Waals surface area contributed by atoms with Crippen molar-refractivity contribution in [3.8, 4) is 5.75 Å². The third kappa shape index (κ3) is 6.34. The minimum Gasteiger partial charge on any atom is -0.497 e. The molecule has 0 spiro atoms. The Morgan fingerprint density at radius 2 is 1.76 bits per heavy atom. The van der Waals surface area contributed by atoms with Gasteiger partial charge in [0.2, 0.25) is 5.91 Å². The van der Waals surface area contributed by atoms with Gasteiger partial charge >= 0.3 is 0 Å². The van der Waals surface area contributed by atoms with Crippen LogP contribution in [0.4, 0.5) is 0 Å². The zero-order chi connectivity index (χ0) is 23.8. The number of aryl methyl sites for hydroxylation is 1. The Morgan fingerprint density at radius 1 is 1.06 bits per heavy atom. The number of amides is 3. The normalized spacial score (nSPS) is 14.9. The summed E-state index contributed by atoms with van der Waals surface area (Å²) in [4.78, 5) is 40.5. The van der Waals surface area contributed by atoms with Gasteiger partial charge in [-0.3, -0.25) is 14.4 Å². The first-order chi connectivity index (χ1) is 15.9. The highest BCUT2D eigenvalue weighted by Gasteiger charge is 2.34. The highest BCUT2D eigenvalue weighted by atomic mass is 16.5. The van der Waals surface area contributed by atoms with Gasteiger partial charge in [-0.05, 0) is 62.4 Å². The molecule has 1 saturated heterocycles. The van der Waals surface area contributed by atoms with Crippen molar-refractivity contribution >= 4 is 17.7 Å². The van der Waals surface area contributed by atoms with Crippen LogP contribution in [0.5, 0.6) is 5.75 Å². The standard InChI is InChI=1S/C26H33N3O4/c1-4-14-27-25(31)23(28-24(30)21-6-5-7-22(17-21)33-3)19-12-15-29(16-13-19)26(32)20-10-8-18(2)9-11-20/h5-11,17,19,23H,4,12-16H2,1-3H3,(H,27,31)(H,28,30)/t23-/m1/s1. The van der Waals surface area contributed by atoms with Crippen molar-refractivity contribution in [3.63, 3.8) is 0 Å². The summed E-state index contributed by atoms with van der Waals surface area (Å²) in [6.45, 7) is 5.62. The van der Waals surface area contributed by atoms with Gasteiger partial charge in [0.25, 0.3) is 11.8 Å². The molecule has 2 aromatic carbocycles. The van der Waals surface area contributed by atoms with E-state index >= 15 is 0 Å². The highest BCUT2D eigenvalue weighted by molar-refractivity contribution is 5.98. The molecule has 0 aliphatic carbocycles. The molecule has 3 rings (SSSR count). The minimum atomic E-state index is -0.660. The van der Waals surface area contributed by atoms with Gasteiger partial charge in [-0.2, -0.15) is 0 Å². The number of nitrogens with zero attached hydrogens (tertiary/aromatic N) is 1. The second kappa shape index (κ2) is 11.5. The van der Waals surface area contributed by atoms with E-state index in [0.29, 0.717) is 49.4 Å². The third-order valence-corrected chi connectivity index (χ3v) is 6.05. The van der Waals surface area contributed by atoms with Crippen LogP contribution in [0, 0.1) is 12.8 Å². The maximum atomic E-state index is 12.9. The number of hydrogen-bond acceptors (Lipinski definition) is 4. The van der Waals surface area contributed by atoms with E-state index in [2.05, 4.69) is 10.6 Å². The van der Waals surface area contributed by atoms with Crippen LogP contribution in [0.1, 0.15) is 52.5 Å². The number of ether oxygens (including phenoxy) is 1. The highest BCUT2D eigenvalue weighted by Crippen LogP contribution is 2.23. The summed E-state index contributed by atoms with van der Waals surface area (Å²) in [5.41, 5.74) is 2.22. The molecule has 2 aromatic rings. The SMILES string of the molecule is CCCNC(=O)[C@H](NC(=O)c1cccc(OC)c1)C1CCN(C(=O)c2ccc(C)cc2)CC1. The molecule has 0 bridgehead atoms. The van der Waals surface area contributed by atoms with Crippen molar-refractivity contribution < 1.29 is 19.1 Å². The summed E-state index contributed by atoms with van der Waals surface area (Å²) >= 11 is 0. The lowest BCUT2D eigenvalue weighted by molar-refractivity contribution is -0.124. The van der Waals surface area contributed by atoms with Gasteiger partial charge in [0, 0.05) is 30.8 Å². The fourth-order valence-electron chi connectivity index (χ4n) is 4.06. The molecule has 3 amide bonds. The van der Waals surface area contributed by atoms with Gasteiger partial charge in [-0.1, -0.05) is 30.7 Å². The minimum absolute atomic E-state index is 0.000788. The molecule has 176 valence electrons. The van der Waals surface area contributed by atoms with E-state index in [4.69, 9.17) is 4.74 Å². The van der Waals surface area contributed by atoms with E-state index < -0.39 is 6.04 Å². The van der Waals surface area contributed by atoms with E-state index in [1.54, 1.807) is 31.4 Å². The predicted molar refractivity (Wildman–Crippen MR) is 127 cm³/mol. The lowest BCUT2D eigenvalue weighted by Crippen LogP contribution is -2.54. The van der Waals surface area contributed by atoms with Crippen molar-refractivity contribution in [3.05, 3.63) is 65.2 Å². The molecule has 1 fully saturated rings. The first-order valence-electron chi connectivity index (χ1n) is 11.5. The second-order valence-electron chi connectivity index (χ2n) is 8.47. The number of hydrogen-bond donors (Lipinski definition) is 2. The van der Waals surface area contributed by atoms with Crippen LogP contribution in [-0.4, -0.2) is 55.4 Å². The Kier molecular flexibility index (Phi) is 8.46. The Bertz CT molecular complexity index is 966. The van der Waals surface area contributed by atoms with Crippen LogP contribution >= 0.6 is 0 Å². The lowest BCUT2D eigenvalue weighted by atomic mass is 9.88. The fraction of sp³-hybridized carbons (Fsp3) is 0.423. The van der Waals surface area contributed by atoms with E-state index in [9.17, 15) is 14.4 Å². The van der Waals surface area contributed by atoms with Crippen molar-refractivity contribution in [2.45, 2.75) is 39.2 Å². The summed E-state index contributed by atoms with van der Waals surface area (Å²) in [7, 11) is 1.55. The molecule has 33 heavy (non-hydrogen) atoms. The van der Waals surface area contributed by atoms with Gasteiger partial charge in [-0.15, -0.1) is 0 Å². The van der Waals surface area contributed by atoms with Crippen molar-refractivity contribution in [1.29, 1.82) is 0 Å². The van der Waals surface area contributed by atoms with Crippen LogP contribution in [-0.2, 0) is 4.79 Å². The average Bonchev–Trinajstić information content (AvgIpc) is 2.86. The fourth-order valence-corrected chi connectivity index (χ4v) is 4.06. The van der Waals surface area contributed by atoms with Crippen LogP contribution in [0.2, 0.25) is 0 Å². The van der Waals surface area contributed by atoms with Crippen LogP contribution in [0.25, 0.3) is 0 Å². The van der Waals surface area contributed by atoms with Crippen LogP contribution < -0.4 is 15.4 Å². The molecular formula is C26H33N3O4. The number of carbonyl (C=O) groups is 3. The summed E-state index contributed by atoms with van der Waals surface area (Å²) in [5, 5.41) is 5.85. The van der Waals surface area contributed by atoms with Crippen molar-refractivity contribution in [1.82, 2.24) is 15.5 Å². The molecule has 1 aliphatic heterocycles. The first-order valence-corrected chi connectivity index (χ1v) is 11.5. The molecule has 2 N–H and O–H groups in total. The van der Waals surface area contributed by atoms with E-state index in [-0.39, 0.29) is 23.6 Å². The Morgan fingerprint density at radius 3 is 2.39 bits per heavy atom. The van der Waals surface area contributed by atoms with Gasteiger partial charge in [-0.25, -0.2) is 0 Å². The van der Waals surface area contributed by atoms with E-state index in [1.165, 1.54) is 0 Å². The lowest BCUT2D eigenvalue weighted by Gasteiger charge is -2.36. The largest absolute Gasteiger partial charge is 0.497 e. The average molecular weight is 452 g/mol. The quantitative estimate of drug-likeness (QED) is 0.645. The van der Waals surface area contributed by atoms with Gasteiger partial charge < -0.3 is 20.3 Å². The molecule has 7 heteroatoms. The summed E-state index contributed by atoms with van der Waals surface area (Å²) in [5.74, 6) is 0.0250. The number of carbonyl (C=O) groups excluding carboxylic acids is 3. The molecule has 1 heterocycles. The number of likely N-dealkylation sites (tertiary alicyclic amines) is 1. The maximum absolute atomic E-state index is 12.9. The predicted octanol–water partition coefficient (Wildman–Crippen LogP) is 3.18. The van der Waals surface area contributed by atoms with Gasteiger partial charge in [0.1, 0.15) is 11.8 Å². The van der Waals surface area contributed by atoms with Gasteiger partial charge in [0.15, 0.2) is 0 Å². The summed E-state index contributed by atoms with van der Waals surface area (Å²) in [6.07, 6.45) is 2.09. The van der Waals surface area contributed by atoms with Crippen molar-refractivity contribution in [2.75, 3.05) is 26.7 Å². The topological polar surface area (TPSA) is 87.7 Å². The third-order valence-electron chi connectivity index (χ3n) is 6.05. The number of benzene rings is 2. The van der Waals surface area contributed by atoms with E-state index in [0.717, 1.165) is 12.0 Å². The first kappa shape index (κ1) is 24.3. The van der Waals surface area contributed by atoms with Crippen molar-refractivity contribution in [2.24, 2.45) is 5.92 Å². The molecular weight excluding hydrogens is 418 g/mol. The van der Waals surface area contributed by atoms with E-state index in [1.807, 2.05) is 43.0 Å². The smallest absolute Gasteiger partial charge is 0.253 e. The molecule has 1 aliphatic rings. The molecule has 7 nitrogen and oxygen atoms in total. The molecule has 0 aromatic heterocycles. The monoisotopic (exact) mass is 451 g/mol.